The van der Waals surface area contributed by atoms with Gasteiger partial charge < -0.3 is 5.73 Å². The number of rotatable bonds is 6. The predicted octanol–water partition coefficient (Wildman–Crippen LogP) is 3.10. The molecule has 0 amide bonds. The summed E-state index contributed by atoms with van der Waals surface area (Å²) in [5.41, 5.74) is 9.29. The zero-order valence-corrected chi connectivity index (χ0v) is 12.7. The summed E-state index contributed by atoms with van der Waals surface area (Å²) in [6.07, 6.45) is 4.91. The Labute approximate surface area is 123 Å². The quantitative estimate of drug-likeness (QED) is 0.805. The van der Waals surface area contributed by atoms with Crippen molar-refractivity contribution in [3.05, 3.63) is 60.7 Å². The van der Waals surface area contributed by atoms with Crippen LogP contribution in [0.2, 0.25) is 0 Å². The van der Waals surface area contributed by atoms with Gasteiger partial charge in [-0.25, -0.2) is 0 Å². The van der Waals surface area contributed by atoms with E-state index in [1.54, 1.807) is 0 Å². The number of hydrogen-bond acceptors (Lipinski definition) is 2. The van der Waals surface area contributed by atoms with Crippen molar-refractivity contribution >= 4 is 0 Å². The van der Waals surface area contributed by atoms with E-state index >= 15 is 0 Å². The van der Waals surface area contributed by atoms with Crippen molar-refractivity contribution in [2.75, 3.05) is 13.1 Å². The zero-order valence-electron chi connectivity index (χ0n) is 12.7. The van der Waals surface area contributed by atoms with Crippen molar-refractivity contribution in [1.82, 2.24) is 4.90 Å². The second-order valence-electron chi connectivity index (χ2n) is 6.00. The van der Waals surface area contributed by atoms with E-state index in [1.807, 2.05) is 12.2 Å². The van der Waals surface area contributed by atoms with Gasteiger partial charge in [-0.1, -0.05) is 50.3 Å². The monoisotopic (exact) mass is 270 g/mol. The Balaban J connectivity index is 2.44. The van der Waals surface area contributed by atoms with Crippen LogP contribution in [-0.2, 0) is 12.0 Å². The fourth-order valence-electron chi connectivity index (χ4n) is 3.47. The van der Waals surface area contributed by atoms with Crippen LogP contribution < -0.4 is 5.73 Å². The largest absolute Gasteiger partial charge is 0.320 e. The molecule has 0 bridgehead atoms. The lowest BCUT2D eigenvalue weighted by Gasteiger charge is -2.42. The molecule has 0 heterocycles. The molecular formula is C18H26N2. The first kappa shape index (κ1) is 15.0. The smallest absolute Gasteiger partial charge is 0.0596 e. The Kier molecular flexibility index (Phi) is 4.46. The van der Waals surface area contributed by atoms with E-state index in [1.165, 1.54) is 11.1 Å². The van der Waals surface area contributed by atoms with Gasteiger partial charge in [-0.15, -0.1) is 13.2 Å². The van der Waals surface area contributed by atoms with Crippen molar-refractivity contribution in [2.24, 2.45) is 11.7 Å². The molecule has 1 aromatic carbocycles. The molecule has 0 spiro atoms. The maximum Gasteiger partial charge on any atom is 0.0596 e. The summed E-state index contributed by atoms with van der Waals surface area (Å²) >= 11 is 0. The van der Waals surface area contributed by atoms with Crippen molar-refractivity contribution in [3.63, 3.8) is 0 Å². The molecule has 0 aromatic heterocycles. The van der Waals surface area contributed by atoms with Crippen LogP contribution in [0.25, 0.3) is 0 Å². The highest BCUT2D eigenvalue weighted by molar-refractivity contribution is 5.42. The highest BCUT2D eigenvalue weighted by atomic mass is 15.2. The lowest BCUT2D eigenvalue weighted by molar-refractivity contribution is 0.123. The molecule has 0 aliphatic heterocycles. The van der Waals surface area contributed by atoms with Crippen LogP contribution in [0.3, 0.4) is 0 Å². The molecule has 1 aliphatic carbocycles. The van der Waals surface area contributed by atoms with Gasteiger partial charge in [0.2, 0.25) is 0 Å². The van der Waals surface area contributed by atoms with Gasteiger partial charge in [-0.3, -0.25) is 4.90 Å². The molecule has 0 saturated carbocycles. The SMILES string of the molecule is C=CCN(CC=C)C1Cc2ccccc2C1(N)C(C)C. The number of nitrogens with two attached hydrogens (primary N) is 1. The minimum absolute atomic E-state index is 0.302. The van der Waals surface area contributed by atoms with Gasteiger partial charge in [-0.05, 0) is 23.5 Å². The third-order valence-corrected chi connectivity index (χ3v) is 4.57. The summed E-state index contributed by atoms with van der Waals surface area (Å²) < 4.78 is 0. The normalized spacial score (nSPS) is 24.9. The molecule has 0 radical (unpaired) electrons. The minimum Gasteiger partial charge on any atom is -0.320 e. The molecule has 0 fully saturated rings. The van der Waals surface area contributed by atoms with Crippen LogP contribution in [0, 0.1) is 5.92 Å². The molecule has 2 N–H and O–H groups in total. The standard InChI is InChI=1S/C18H26N2/c1-5-11-20(12-6-2)17-13-15-9-7-8-10-16(15)18(17,19)14(3)4/h5-10,14,17H,1-2,11-13,19H2,3-4H3. The molecule has 2 atom stereocenters. The Morgan fingerprint density at radius 3 is 2.45 bits per heavy atom. The lowest BCUT2D eigenvalue weighted by atomic mass is 9.78. The fourth-order valence-corrected chi connectivity index (χ4v) is 3.47. The summed E-state index contributed by atoms with van der Waals surface area (Å²) in [6, 6.07) is 8.90. The highest BCUT2D eigenvalue weighted by Crippen LogP contribution is 2.42. The van der Waals surface area contributed by atoms with E-state index in [9.17, 15) is 0 Å². The van der Waals surface area contributed by atoms with Crippen molar-refractivity contribution in [3.8, 4) is 0 Å². The Morgan fingerprint density at radius 2 is 1.90 bits per heavy atom. The molecule has 2 rings (SSSR count). The topological polar surface area (TPSA) is 29.3 Å². The molecule has 2 nitrogen and oxygen atoms in total. The molecule has 1 aromatic rings. The summed E-state index contributed by atoms with van der Waals surface area (Å²) in [6.45, 7) is 13.9. The van der Waals surface area contributed by atoms with Gasteiger partial charge in [0.05, 0.1) is 5.54 Å². The van der Waals surface area contributed by atoms with Gasteiger partial charge in [0, 0.05) is 19.1 Å². The first-order valence-electron chi connectivity index (χ1n) is 7.38. The van der Waals surface area contributed by atoms with Gasteiger partial charge in [0.1, 0.15) is 0 Å². The number of hydrogen-bond donors (Lipinski definition) is 1. The zero-order chi connectivity index (χ0) is 14.8. The van der Waals surface area contributed by atoms with Crippen LogP contribution in [-0.4, -0.2) is 24.0 Å². The molecule has 0 saturated heterocycles. The van der Waals surface area contributed by atoms with E-state index in [2.05, 4.69) is 56.2 Å². The summed E-state index contributed by atoms with van der Waals surface area (Å²) in [5.74, 6) is 0.383. The first-order chi connectivity index (χ1) is 9.55. The van der Waals surface area contributed by atoms with Gasteiger partial charge in [0.15, 0.2) is 0 Å². The first-order valence-corrected chi connectivity index (χ1v) is 7.38. The lowest BCUT2D eigenvalue weighted by Crippen LogP contribution is -2.57. The van der Waals surface area contributed by atoms with Gasteiger partial charge in [0.25, 0.3) is 0 Å². The molecular weight excluding hydrogens is 244 g/mol. The van der Waals surface area contributed by atoms with E-state index in [0.29, 0.717) is 12.0 Å². The van der Waals surface area contributed by atoms with E-state index in [0.717, 1.165) is 19.5 Å². The Hall–Kier alpha value is -1.38. The number of nitrogens with zero attached hydrogens (tertiary/aromatic N) is 1. The van der Waals surface area contributed by atoms with Crippen LogP contribution >= 0.6 is 0 Å². The second-order valence-corrected chi connectivity index (χ2v) is 6.00. The van der Waals surface area contributed by atoms with Crippen molar-refractivity contribution in [2.45, 2.75) is 31.8 Å². The second kappa shape index (κ2) is 5.94. The van der Waals surface area contributed by atoms with Crippen LogP contribution in [0.15, 0.2) is 49.6 Å². The number of fused-ring (bicyclic) bond motifs is 1. The maximum atomic E-state index is 6.91. The van der Waals surface area contributed by atoms with E-state index in [-0.39, 0.29) is 5.54 Å². The fraction of sp³-hybridized carbons (Fsp3) is 0.444. The maximum absolute atomic E-state index is 6.91. The Morgan fingerprint density at radius 1 is 1.30 bits per heavy atom. The minimum atomic E-state index is -0.303. The number of benzene rings is 1. The highest BCUT2D eigenvalue weighted by Gasteiger charge is 2.47. The average Bonchev–Trinajstić information content (AvgIpc) is 2.74. The third kappa shape index (κ3) is 2.34. The molecule has 2 heteroatoms. The summed E-state index contributed by atoms with van der Waals surface area (Å²) in [4.78, 5) is 2.39. The van der Waals surface area contributed by atoms with Crippen molar-refractivity contribution in [1.29, 1.82) is 0 Å². The molecule has 2 unspecified atom stereocenters. The van der Waals surface area contributed by atoms with Gasteiger partial charge in [-0.2, -0.15) is 0 Å². The van der Waals surface area contributed by atoms with Crippen LogP contribution in [0.5, 0.6) is 0 Å². The van der Waals surface area contributed by atoms with Gasteiger partial charge >= 0.3 is 0 Å². The van der Waals surface area contributed by atoms with E-state index < -0.39 is 0 Å². The van der Waals surface area contributed by atoms with E-state index in [4.69, 9.17) is 5.73 Å². The molecule has 108 valence electrons. The molecule has 20 heavy (non-hydrogen) atoms. The molecule has 1 aliphatic rings. The summed E-state index contributed by atoms with van der Waals surface area (Å²) in [7, 11) is 0. The average molecular weight is 270 g/mol. The van der Waals surface area contributed by atoms with Crippen LogP contribution in [0.4, 0.5) is 0 Å². The predicted molar refractivity (Wildman–Crippen MR) is 86.6 cm³/mol. The van der Waals surface area contributed by atoms with Crippen molar-refractivity contribution < 1.29 is 0 Å². The Bertz CT molecular complexity index is 482. The van der Waals surface area contributed by atoms with Crippen LogP contribution in [0.1, 0.15) is 25.0 Å². The summed E-state index contributed by atoms with van der Waals surface area (Å²) in [5, 5.41) is 0. The third-order valence-electron chi connectivity index (χ3n) is 4.57.